The molecule has 0 aliphatic heterocycles. The zero-order valence-corrected chi connectivity index (χ0v) is 20.1. The lowest BCUT2D eigenvalue weighted by atomic mass is 9.97. The molecule has 0 bridgehead atoms. The molecule has 0 heteroatoms. The van der Waals surface area contributed by atoms with E-state index in [9.17, 15) is 0 Å². The zero-order chi connectivity index (χ0) is 22.9. The zero-order valence-electron chi connectivity index (χ0n) is 20.1. The van der Waals surface area contributed by atoms with E-state index in [-0.39, 0.29) is 14.9 Å². The van der Waals surface area contributed by atoms with Crippen molar-refractivity contribution in [2.75, 3.05) is 0 Å². The van der Waals surface area contributed by atoms with Crippen molar-refractivity contribution in [3.05, 3.63) is 89.5 Å². The van der Waals surface area contributed by atoms with Gasteiger partial charge in [0.2, 0.25) is 0 Å². The quantitative estimate of drug-likeness (QED) is 0.398. The lowest BCUT2D eigenvalue weighted by molar-refractivity contribution is 0.836. The van der Waals surface area contributed by atoms with Crippen LogP contribution in [0.5, 0.6) is 0 Å². The number of benzene rings is 2. The fraction of sp³-hybridized carbons (Fsp3) is 0.375. The van der Waals surface area contributed by atoms with E-state index in [0.29, 0.717) is 5.92 Å². The molecule has 0 nitrogen and oxygen atoms in total. The van der Waals surface area contributed by atoms with Crippen LogP contribution in [0.2, 0.25) is 0 Å². The molecule has 32 heavy (non-hydrogen) atoms. The number of hydrogen-bond acceptors (Lipinski definition) is 0. The molecule has 0 N–H and O–H groups in total. The predicted molar refractivity (Wildman–Crippen MR) is 153 cm³/mol. The van der Waals surface area contributed by atoms with Gasteiger partial charge in [0.15, 0.2) is 0 Å². The van der Waals surface area contributed by atoms with Gasteiger partial charge in [0.1, 0.15) is 0 Å². The van der Waals surface area contributed by atoms with E-state index >= 15 is 0 Å². The Morgan fingerprint density at radius 3 is 2.00 bits per heavy atom. The third-order valence-corrected chi connectivity index (χ3v) is 4.44. The average molecular weight is 433 g/mol. The van der Waals surface area contributed by atoms with Gasteiger partial charge in [-0.15, -0.1) is 12.3 Å². The van der Waals surface area contributed by atoms with E-state index < -0.39 is 0 Å². The highest BCUT2D eigenvalue weighted by molar-refractivity contribution is 5.67. The Kier molecular flexibility index (Phi) is 21.3. The number of rotatable bonds is 6. The van der Waals surface area contributed by atoms with Gasteiger partial charge in [-0.1, -0.05) is 121 Å². The Labute approximate surface area is 201 Å². The van der Waals surface area contributed by atoms with Gasteiger partial charge < -0.3 is 0 Å². The van der Waals surface area contributed by atoms with Crippen LogP contribution in [0.3, 0.4) is 0 Å². The SMILES string of the molecule is C.C.C#CC.C/C=C(/CCC)c1ccccc1C.C=C(C)c1ccc(/C=C/C(C)C)cc1. The molecule has 0 aliphatic carbocycles. The van der Waals surface area contributed by atoms with Crippen LogP contribution in [-0.4, -0.2) is 0 Å². The maximum atomic E-state index is 4.60. The first-order valence-electron chi connectivity index (χ1n) is 10.8. The maximum Gasteiger partial charge on any atom is -0.00297 e. The molecule has 0 amide bonds. The number of aryl methyl sites for hydroxylation is 1. The molecule has 0 atom stereocenters. The van der Waals surface area contributed by atoms with Gasteiger partial charge in [0.25, 0.3) is 0 Å². The first kappa shape index (κ1) is 33.8. The fourth-order valence-corrected chi connectivity index (χ4v) is 2.82. The molecule has 2 aromatic rings. The Balaban J connectivity index is -0.000000444. The van der Waals surface area contributed by atoms with Crippen molar-refractivity contribution in [3.8, 4) is 12.3 Å². The summed E-state index contributed by atoms with van der Waals surface area (Å²) in [5, 5.41) is 0. The molecule has 176 valence electrons. The molecule has 0 heterocycles. The minimum absolute atomic E-state index is 0. The topological polar surface area (TPSA) is 0 Å². The smallest absolute Gasteiger partial charge is 0.00297 e. The molecule has 0 spiro atoms. The first-order chi connectivity index (χ1) is 14.3. The molecular weight excluding hydrogens is 384 g/mol. The summed E-state index contributed by atoms with van der Waals surface area (Å²) in [6.07, 6.45) is 13.6. The summed E-state index contributed by atoms with van der Waals surface area (Å²) < 4.78 is 0. The molecule has 0 fully saturated rings. The Morgan fingerprint density at radius 1 is 1.06 bits per heavy atom. The van der Waals surface area contributed by atoms with Crippen molar-refractivity contribution in [2.24, 2.45) is 5.92 Å². The minimum atomic E-state index is 0. The summed E-state index contributed by atoms with van der Waals surface area (Å²) in [6, 6.07) is 17.1. The van der Waals surface area contributed by atoms with Crippen LogP contribution in [-0.2, 0) is 0 Å². The second kappa shape index (κ2) is 20.1. The van der Waals surface area contributed by atoms with Crippen LogP contribution in [0.15, 0.2) is 67.3 Å². The highest BCUT2D eigenvalue weighted by Gasteiger charge is 2.01. The largest absolute Gasteiger partial charge is 0.120 e. The summed E-state index contributed by atoms with van der Waals surface area (Å²) >= 11 is 0. The van der Waals surface area contributed by atoms with E-state index in [4.69, 9.17) is 0 Å². The molecule has 2 aromatic carbocycles. The van der Waals surface area contributed by atoms with Crippen molar-refractivity contribution in [1.82, 2.24) is 0 Å². The molecule has 0 unspecified atom stereocenters. The van der Waals surface area contributed by atoms with Gasteiger partial charge in [-0.05, 0) is 67.9 Å². The molecule has 0 aliphatic rings. The van der Waals surface area contributed by atoms with Gasteiger partial charge in [-0.3, -0.25) is 0 Å². The molecule has 0 saturated heterocycles. The molecule has 0 radical (unpaired) electrons. The standard InChI is InChI=1S/C14H18.C13H18.C3H4.2CH4/c1-11(2)5-6-13-7-9-14(10-8-13)12(3)4;1-4-8-12(5-2)13-10-7-6-9-11(13)3;1-3-2;;/h5-11H,3H2,1-2,4H3;5-7,9-10H,4,8H2,1-3H3;1H,2H3;2*1H4/b6-5+;12-5-;;;. The lowest BCUT2D eigenvalue weighted by Crippen LogP contribution is -1.87. The second-order valence-electron chi connectivity index (χ2n) is 7.67. The maximum absolute atomic E-state index is 4.60. The van der Waals surface area contributed by atoms with Gasteiger partial charge in [-0.2, -0.15) is 0 Å². The third-order valence-electron chi connectivity index (χ3n) is 4.44. The predicted octanol–water partition coefficient (Wildman–Crippen LogP) is 10.5. The number of allylic oxidation sites excluding steroid dienone is 4. The summed E-state index contributed by atoms with van der Waals surface area (Å²) in [4.78, 5) is 0. The van der Waals surface area contributed by atoms with E-state index in [0.717, 1.165) is 5.57 Å². The van der Waals surface area contributed by atoms with Gasteiger partial charge >= 0.3 is 0 Å². The van der Waals surface area contributed by atoms with Crippen molar-refractivity contribution in [2.45, 2.75) is 76.2 Å². The molecule has 0 saturated carbocycles. The average Bonchev–Trinajstić information content (AvgIpc) is 2.72. The monoisotopic (exact) mass is 432 g/mol. The molecule has 0 aromatic heterocycles. The van der Waals surface area contributed by atoms with Gasteiger partial charge in [0.05, 0.1) is 0 Å². The van der Waals surface area contributed by atoms with Crippen LogP contribution in [0.25, 0.3) is 17.2 Å². The Hall–Kier alpha value is -2.78. The van der Waals surface area contributed by atoms with Gasteiger partial charge in [0, 0.05) is 0 Å². The highest BCUT2D eigenvalue weighted by atomic mass is 14.1. The van der Waals surface area contributed by atoms with Crippen molar-refractivity contribution >= 4 is 17.2 Å². The van der Waals surface area contributed by atoms with Gasteiger partial charge in [-0.25, -0.2) is 0 Å². The molecular formula is C32H48. The van der Waals surface area contributed by atoms with Crippen molar-refractivity contribution in [1.29, 1.82) is 0 Å². The minimum Gasteiger partial charge on any atom is -0.120 e. The summed E-state index contributed by atoms with van der Waals surface area (Å²) in [5.41, 5.74) is 7.84. The van der Waals surface area contributed by atoms with Crippen LogP contribution >= 0.6 is 0 Å². The highest BCUT2D eigenvalue weighted by Crippen LogP contribution is 2.22. The Morgan fingerprint density at radius 2 is 1.59 bits per heavy atom. The number of terminal acetylenes is 1. The van der Waals surface area contributed by atoms with Crippen LogP contribution in [0.1, 0.15) is 91.5 Å². The van der Waals surface area contributed by atoms with E-state index in [2.05, 4.69) is 120 Å². The normalized spacial score (nSPS) is 9.91. The van der Waals surface area contributed by atoms with E-state index in [1.807, 2.05) is 6.92 Å². The van der Waals surface area contributed by atoms with E-state index in [1.165, 1.54) is 40.7 Å². The molecule has 2 rings (SSSR count). The third kappa shape index (κ3) is 14.3. The number of hydrogen-bond donors (Lipinski definition) is 0. The van der Waals surface area contributed by atoms with E-state index in [1.54, 1.807) is 6.92 Å². The van der Waals surface area contributed by atoms with Crippen molar-refractivity contribution in [3.63, 3.8) is 0 Å². The first-order valence-corrected chi connectivity index (χ1v) is 10.8. The van der Waals surface area contributed by atoms with Crippen LogP contribution in [0, 0.1) is 25.2 Å². The van der Waals surface area contributed by atoms with Crippen LogP contribution in [0.4, 0.5) is 0 Å². The summed E-state index contributed by atoms with van der Waals surface area (Å²) in [5.74, 6) is 2.86. The van der Waals surface area contributed by atoms with Crippen molar-refractivity contribution < 1.29 is 0 Å². The van der Waals surface area contributed by atoms with Crippen LogP contribution < -0.4 is 0 Å². The summed E-state index contributed by atoms with van der Waals surface area (Å²) in [6.45, 7) is 18.5. The fourth-order valence-electron chi connectivity index (χ4n) is 2.82. The Bertz CT molecular complexity index is 836. The lowest BCUT2D eigenvalue weighted by Gasteiger charge is -2.08. The summed E-state index contributed by atoms with van der Waals surface area (Å²) in [7, 11) is 0. The second-order valence-corrected chi connectivity index (χ2v) is 7.67.